The van der Waals surface area contributed by atoms with Gasteiger partial charge in [-0.15, -0.1) is 0 Å². The van der Waals surface area contributed by atoms with Crippen molar-refractivity contribution in [2.24, 2.45) is 0 Å². The normalized spacial score (nSPS) is 22.3. The SMILES string of the molecule is CCOC(=O)C1CNCC(C)c2c1[nH]c1ccccc21. The number of nitrogens with one attached hydrogen (secondary N) is 2. The third-order valence-corrected chi connectivity index (χ3v) is 3.99. The third kappa shape index (κ3) is 2.10. The van der Waals surface area contributed by atoms with E-state index in [1.165, 1.54) is 10.9 Å². The van der Waals surface area contributed by atoms with Crippen molar-refractivity contribution in [2.75, 3.05) is 19.7 Å². The lowest BCUT2D eigenvalue weighted by Crippen LogP contribution is -2.27. The standard InChI is InChI=1S/C16H20N2O2/c1-3-20-16(19)12-9-17-8-10(2)14-11-6-4-5-7-13(11)18-15(12)14/h4-7,10,12,17-18H,3,8-9H2,1-2H3. The van der Waals surface area contributed by atoms with Crippen LogP contribution in [0.1, 0.15) is 36.9 Å². The number of rotatable bonds is 2. The van der Waals surface area contributed by atoms with Gasteiger partial charge in [0, 0.05) is 29.7 Å². The molecule has 0 saturated carbocycles. The zero-order valence-electron chi connectivity index (χ0n) is 11.9. The van der Waals surface area contributed by atoms with E-state index in [0.717, 1.165) is 17.8 Å². The molecular formula is C16H20N2O2. The average Bonchev–Trinajstić information content (AvgIpc) is 2.74. The van der Waals surface area contributed by atoms with Gasteiger partial charge < -0.3 is 15.0 Å². The summed E-state index contributed by atoms with van der Waals surface area (Å²) in [5.74, 6) is -0.0233. The van der Waals surface area contributed by atoms with Gasteiger partial charge in [0.05, 0.1) is 6.61 Å². The van der Waals surface area contributed by atoms with E-state index in [1.807, 2.05) is 19.1 Å². The molecule has 20 heavy (non-hydrogen) atoms. The molecular weight excluding hydrogens is 252 g/mol. The molecule has 1 aliphatic rings. The molecule has 2 N–H and O–H groups in total. The first-order valence-electron chi connectivity index (χ1n) is 7.20. The Bertz CT molecular complexity index is 632. The Morgan fingerprint density at radius 1 is 1.35 bits per heavy atom. The van der Waals surface area contributed by atoms with Crippen LogP contribution in [0.2, 0.25) is 0 Å². The Labute approximate surface area is 118 Å². The van der Waals surface area contributed by atoms with E-state index in [9.17, 15) is 4.79 Å². The maximum atomic E-state index is 12.2. The summed E-state index contributed by atoms with van der Waals surface area (Å²) in [6, 6.07) is 8.24. The Kier molecular flexibility index (Phi) is 3.49. The number of benzene rings is 1. The van der Waals surface area contributed by atoms with Gasteiger partial charge in [0.2, 0.25) is 0 Å². The van der Waals surface area contributed by atoms with Crippen molar-refractivity contribution in [1.82, 2.24) is 10.3 Å². The summed E-state index contributed by atoms with van der Waals surface area (Å²) in [5.41, 5.74) is 3.37. The van der Waals surface area contributed by atoms with Crippen LogP contribution in [0, 0.1) is 0 Å². The van der Waals surface area contributed by atoms with E-state index in [0.29, 0.717) is 19.1 Å². The first-order chi connectivity index (χ1) is 9.72. The molecule has 1 aromatic carbocycles. The summed E-state index contributed by atoms with van der Waals surface area (Å²) in [7, 11) is 0. The highest BCUT2D eigenvalue weighted by molar-refractivity contribution is 5.89. The van der Waals surface area contributed by atoms with Crippen LogP contribution in [0.25, 0.3) is 10.9 Å². The van der Waals surface area contributed by atoms with Gasteiger partial charge in [-0.3, -0.25) is 4.79 Å². The monoisotopic (exact) mass is 272 g/mol. The van der Waals surface area contributed by atoms with Gasteiger partial charge in [-0.05, 0) is 24.5 Å². The zero-order valence-corrected chi connectivity index (χ0v) is 11.9. The zero-order chi connectivity index (χ0) is 14.1. The molecule has 2 atom stereocenters. The van der Waals surface area contributed by atoms with Crippen molar-refractivity contribution in [1.29, 1.82) is 0 Å². The maximum absolute atomic E-state index is 12.2. The van der Waals surface area contributed by atoms with E-state index < -0.39 is 0 Å². The summed E-state index contributed by atoms with van der Waals surface area (Å²) in [5, 5.41) is 4.58. The van der Waals surface area contributed by atoms with Crippen LogP contribution in [-0.4, -0.2) is 30.6 Å². The highest BCUT2D eigenvalue weighted by Gasteiger charge is 2.31. The molecule has 0 bridgehead atoms. The molecule has 1 aliphatic heterocycles. The summed E-state index contributed by atoms with van der Waals surface area (Å²) < 4.78 is 5.23. The topological polar surface area (TPSA) is 54.1 Å². The predicted octanol–water partition coefficient (Wildman–Crippen LogP) is 2.52. The quantitative estimate of drug-likeness (QED) is 0.826. The van der Waals surface area contributed by atoms with E-state index in [4.69, 9.17) is 4.74 Å². The minimum absolute atomic E-state index is 0.151. The number of fused-ring (bicyclic) bond motifs is 3. The van der Waals surface area contributed by atoms with Crippen LogP contribution in [0.3, 0.4) is 0 Å². The second-order valence-corrected chi connectivity index (χ2v) is 5.36. The van der Waals surface area contributed by atoms with Crippen LogP contribution < -0.4 is 5.32 Å². The summed E-state index contributed by atoms with van der Waals surface area (Å²) in [4.78, 5) is 15.6. The van der Waals surface area contributed by atoms with Crippen LogP contribution in [0.15, 0.2) is 24.3 Å². The van der Waals surface area contributed by atoms with Crippen molar-refractivity contribution >= 4 is 16.9 Å². The van der Waals surface area contributed by atoms with Gasteiger partial charge in [-0.25, -0.2) is 0 Å². The molecule has 0 amide bonds. The largest absolute Gasteiger partial charge is 0.465 e. The van der Waals surface area contributed by atoms with E-state index in [2.05, 4.69) is 29.4 Å². The van der Waals surface area contributed by atoms with Gasteiger partial charge in [-0.1, -0.05) is 25.1 Å². The third-order valence-electron chi connectivity index (χ3n) is 3.99. The molecule has 0 spiro atoms. The first kappa shape index (κ1) is 13.2. The van der Waals surface area contributed by atoms with Gasteiger partial charge >= 0.3 is 5.97 Å². The number of hydrogen-bond acceptors (Lipinski definition) is 3. The van der Waals surface area contributed by atoms with Crippen molar-refractivity contribution in [3.8, 4) is 0 Å². The molecule has 2 aromatic rings. The minimum Gasteiger partial charge on any atom is -0.465 e. The van der Waals surface area contributed by atoms with Gasteiger partial charge in [0.1, 0.15) is 5.92 Å². The number of aromatic amines is 1. The molecule has 4 heteroatoms. The first-order valence-corrected chi connectivity index (χ1v) is 7.20. The van der Waals surface area contributed by atoms with Crippen LogP contribution in [-0.2, 0) is 9.53 Å². The lowest BCUT2D eigenvalue weighted by Gasteiger charge is -2.13. The number of esters is 1. The molecule has 1 aromatic heterocycles. The number of carbonyl (C=O) groups excluding carboxylic acids is 1. The summed E-state index contributed by atoms with van der Waals surface area (Å²) >= 11 is 0. The van der Waals surface area contributed by atoms with Gasteiger partial charge in [0.15, 0.2) is 0 Å². The summed E-state index contributed by atoms with van der Waals surface area (Å²) in [6.45, 7) is 5.96. The van der Waals surface area contributed by atoms with Gasteiger partial charge in [0.25, 0.3) is 0 Å². The number of H-pyrrole nitrogens is 1. The predicted molar refractivity (Wildman–Crippen MR) is 79.0 cm³/mol. The molecule has 2 unspecified atom stereocenters. The number of carbonyl (C=O) groups is 1. The number of hydrogen-bond donors (Lipinski definition) is 2. The average molecular weight is 272 g/mol. The molecule has 3 rings (SSSR count). The fourth-order valence-electron chi connectivity index (χ4n) is 3.08. The Morgan fingerprint density at radius 3 is 2.95 bits per heavy atom. The van der Waals surface area contributed by atoms with Gasteiger partial charge in [-0.2, -0.15) is 0 Å². The van der Waals surface area contributed by atoms with Crippen molar-refractivity contribution in [2.45, 2.75) is 25.7 Å². The van der Waals surface area contributed by atoms with Crippen LogP contribution in [0.4, 0.5) is 0 Å². The number of ether oxygens (including phenoxy) is 1. The second kappa shape index (κ2) is 5.29. The van der Waals surface area contributed by atoms with E-state index in [-0.39, 0.29) is 11.9 Å². The minimum atomic E-state index is -0.248. The second-order valence-electron chi connectivity index (χ2n) is 5.36. The Morgan fingerprint density at radius 2 is 2.15 bits per heavy atom. The van der Waals surface area contributed by atoms with Crippen molar-refractivity contribution in [3.63, 3.8) is 0 Å². The fraction of sp³-hybridized carbons (Fsp3) is 0.438. The Balaban J connectivity index is 2.14. The van der Waals surface area contributed by atoms with Crippen molar-refractivity contribution in [3.05, 3.63) is 35.5 Å². The van der Waals surface area contributed by atoms with Crippen LogP contribution in [0.5, 0.6) is 0 Å². The Hall–Kier alpha value is -1.81. The lowest BCUT2D eigenvalue weighted by molar-refractivity contribution is -0.144. The number of aromatic nitrogens is 1. The van der Waals surface area contributed by atoms with E-state index >= 15 is 0 Å². The van der Waals surface area contributed by atoms with Crippen molar-refractivity contribution < 1.29 is 9.53 Å². The molecule has 0 fully saturated rings. The molecule has 4 nitrogen and oxygen atoms in total. The lowest BCUT2D eigenvalue weighted by atomic mass is 9.94. The van der Waals surface area contributed by atoms with Crippen LogP contribution >= 0.6 is 0 Å². The fourth-order valence-corrected chi connectivity index (χ4v) is 3.08. The molecule has 106 valence electrons. The number of para-hydroxylation sites is 1. The molecule has 2 heterocycles. The highest BCUT2D eigenvalue weighted by atomic mass is 16.5. The summed E-state index contributed by atoms with van der Waals surface area (Å²) in [6.07, 6.45) is 0. The van der Waals surface area contributed by atoms with E-state index in [1.54, 1.807) is 0 Å². The highest BCUT2D eigenvalue weighted by Crippen LogP contribution is 2.35. The molecule has 0 saturated heterocycles. The maximum Gasteiger partial charge on any atom is 0.316 e. The smallest absolute Gasteiger partial charge is 0.316 e. The molecule has 0 radical (unpaired) electrons. The molecule has 0 aliphatic carbocycles.